The predicted octanol–water partition coefficient (Wildman–Crippen LogP) is 2.76. The molecule has 0 atom stereocenters. The second kappa shape index (κ2) is 8.05. The summed E-state index contributed by atoms with van der Waals surface area (Å²) in [5, 5.41) is 15.1. The highest BCUT2D eigenvalue weighted by Crippen LogP contribution is 2.55. The fourth-order valence-electron chi connectivity index (χ4n) is 6.03. The number of benzene rings is 1. The van der Waals surface area contributed by atoms with Crippen LogP contribution >= 0.6 is 0 Å². The highest BCUT2D eigenvalue weighted by molar-refractivity contribution is 5.97. The summed E-state index contributed by atoms with van der Waals surface area (Å²) in [6.45, 7) is -0.220. The third kappa shape index (κ3) is 4.54. The molecule has 0 spiro atoms. The minimum atomic E-state index is -1.07. The van der Waals surface area contributed by atoms with E-state index in [1.165, 1.54) is 24.2 Å². The molecular weight excluding hydrogens is 370 g/mol. The molecule has 156 valence electrons. The first kappa shape index (κ1) is 19.7. The van der Waals surface area contributed by atoms with Gasteiger partial charge in [-0.1, -0.05) is 18.2 Å². The minimum absolute atomic E-state index is 0.0521. The van der Waals surface area contributed by atoms with Crippen LogP contribution < -0.4 is 15.5 Å². The molecule has 7 nitrogen and oxygen atoms in total. The van der Waals surface area contributed by atoms with Crippen LogP contribution in [0.25, 0.3) is 0 Å². The van der Waals surface area contributed by atoms with Crippen LogP contribution in [0.5, 0.6) is 0 Å². The quantitative estimate of drug-likeness (QED) is 0.656. The summed E-state index contributed by atoms with van der Waals surface area (Å²) < 4.78 is 0. The van der Waals surface area contributed by atoms with Crippen molar-refractivity contribution < 1.29 is 19.5 Å². The third-order valence-electron chi connectivity index (χ3n) is 6.70. The molecule has 3 N–H and O–H groups in total. The number of rotatable bonds is 7. The van der Waals surface area contributed by atoms with E-state index < -0.39 is 12.5 Å². The Morgan fingerprint density at radius 3 is 2.14 bits per heavy atom. The molecule has 0 radical (unpaired) electrons. The molecule has 0 unspecified atom stereocenters. The Balaban J connectivity index is 1.28. The number of urea groups is 1. The molecule has 4 bridgehead atoms. The maximum absolute atomic E-state index is 12.6. The molecule has 29 heavy (non-hydrogen) atoms. The number of amides is 3. The molecule has 4 aliphatic rings. The van der Waals surface area contributed by atoms with Gasteiger partial charge in [-0.2, -0.15) is 0 Å². The van der Waals surface area contributed by atoms with Crippen molar-refractivity contribution in [1.29, 1.82) is 0 Å². The van der Waals surface area contributed by atoms with Gasteiger partial charge >= 0.3 is 12.0 Å². The van der Waals surface area contributed by atoms with Crippen LogP contribution in [0.15, 0.2) is 30.3 Å². The number of aliphatic carboxylic acids is 1. The first-order chi connectivity index (χ1) is 13.9. The van der Waals surface area contributed by atoms with Crippen LogP contribution in [-0.4, -0.2) is 41.6 Å². The van der Waals surface area contributed by atoms with Gasteiger partial charge in [0.05, 0.1) is 0 Å². The Morgan fingerprint density at radius 2 is 1.59 bits per heavy atom. The topological polar surface area (TPSA) is 98.7 Å². The molecule has 0 aliphatic heterocycles. The normalized spacial score (nSPS) is 29.3. The van der Waals surface area contributed by atoms with Gasteiger partial charge in [0, 0.05) is 24.2 Å². The number of hydrogen-bond acceptors (Lipinski definition) is 3. The Kier molecular flexibility index (Phi) is 5.48. The van der Waals surface area contributed by atoms with E-state index in [0.717, 1.165) is 37.0 Å². The van der Waals surface area contributed by atoms with Gasteiger partial charge in [0.1, 0.15) is 6.54 Å². The van der Waals surface area contributed by atoms with E-state index in [9.17, 15) is 14.4 Å². The van der Waals surface area contributed by atoms with Crippen molar-refractivity contribution in [2.24, 2.45) is 17.8 Å². The number of para-hydroxylation sites is 1. The average molecular weight is 399 g/mol. The average Bonchev–Trinajstić information content (AvgIpc) is 2.65. The summed E-state index contributed by atoms with van der Waals surface area (Å²) in [5.41, 5.74) is 0.473. The maximum Gasteiger partial charge on any atom is 0.323 e. The lowest BCUT2D eigenvalue weighted by molar-refractivity contribution is -0.136. The van der Waals surface area contributed by atoms with E-state index in [4.69, 9.17) is 5.11 Å². The van der Waals surface area contributed by atoms with Crippen LogP contribution in [0.2, 0.25) is 0 Å². The number of anilines is 1. The highest BCUT2D eigenvalue weighted by atomic mass is 16.4. The fraction of sp³-hybridized carbons (Fsp3) is 0.591. The molecule has 0 heterocycles. The molecule has 4 saturated carbocycles. The van der Waals surface area contributed by atoms with E-state index in [0.29, 0.717) is 5.69 Å². The summed E-state index contributed by atoms with van der Waals surface area (Å²) in [6.07, 6.45) is 7.22. The summed E-state index contributed by atoms with van der Waals surface area (Å²) in [6, 6.07) is 8.51. The molecule has 4 fully saturated rings. The zero-order valence-electron chi connectivity index (χ0n) is 16.6. The smallest absolute Gasteiger partial charge is 0.323 e. The van der Waals surface area contributed by atoms with E-state index in [-0.39, 0.29) is 30.4 Å². The third-order valence-corrected chi connectivity index (χ3v) is 6.70. The molecule has 7 heteroatoms. The van der Waals surface area contributed by atoms with Crippen LogP contribution in [0, 0.1) is 17.8 Å². The fourth-order valence-corrected chi connectivity index (χ4v) is 6.03. The van der Waals surface area contributed by atoms with Gasteiger partial charge in [0.25, 0.3) is 0 Å². The summed E-state index contributed by atoms with van der Waals surface area (Å²) >= 11 is 0. The zero-order chi connectivity index (χ0) is 20.4. The summed E-state index contributed by atoms with van der Waals surface area (Å²) in [4.78, 5) is 37.4. The second-order valence-corrected chi connectivity index (χ2v) is 9.04. The van der Waals surface area contributed by atoms with Crippen molar-refractivity contribution in [3.8, 4) is 0 Å². The van der Waals surface area contributed by atoms with Gasteiger partial charge in [-0.05, 0) is 68.4 Å². The van der Waals surface area contributed by atoms with Crippen molar-refractivity contribution in [2.45, 2.75) is 50.5 Å². The number of nitrogens with zero attached hydrogens (tertiary/aromatic N) is 1. The predicted molar refractivity (Wildman–Crippen MR) is 108 cm³/mol. The second-order valence-electron chi connectivity index (χ2n) is 9.04. The summed E-state index contributed by atoms with van der Waals surface area (Å²) in [7, 11) is 0. The van der Waals surface area contributed by atoms with Crippen molar-refractivity contribution in [1.82, 2.24) is 10.6 Å². The number of hydrogen-bond donors (Lipinski definition) is 3. The summed E-state index contributed by atoms with van der Waals surface area (Å²) in [5.74, 6) is 0.846. The monoisotopic (exact) mass is 399 g/mol. The Hall–Kier alpha value is -2.57. The maximum atomic E-state index is 12.6. The first-order valence-electron chi connectivity index (χ1n) is 10.6. The standard InChI is InChI=1S/C22H29N3O4/c26-19(25(14-20(27)28)18-4-2-1-3-5-18)6-7-23-21(29)24-22-11-15-8-16(12-22)10-17(9-15)13-22/h1-5,15-17H,6-14H2,(H,27,28)(H2,23,24,29). The highest BCUT2D eigenvalue weighted by Gasteiger charge is 2.51. The largest absolute Gasteiger partial charge is 0.480 e. The van der Waals surface area contributed by atoms with E-state index in [2.05, 4.69) is 10.6 Å². The van der Waals surface area contributed by atoms with Crippen LogP contribution in [0.3, 0.4) is 0 Å². The van der Waals surface area contributed by atoms with Crippen molar-refractivity contribution in [3.05, 3.63) is 30.3 Å². The molecule has 0 saturated heterocycles. The van der Waals surface area contributed by atoms with Gasteiger partial charge in [-0.3, -0.25) is 9.59 Å². The minimum Gasteiger partial charge on any atom is -0.480 e. The number of carboxylic acids is 1. The first-order valence-corrected chi connectivity index (χ1v) is 10.6. The lowest BCUT2D eigenvalue weighted by Gasteiger charge is -2.56. The van der Waals surface area contributed by atoms with Gasteiger partial charge in [-0.25, -0.2) is 4.79 Å². The number of nitrogens with one attached hydrogen (secondary N) is 2. The van der Waals surface area contributed by atoms with E-state index in [1.807, 2.05) is 6.07 Å². The van der Waals surface area contributed by atoms with Crippen LogP contribution in [0.1, 0.15) is 44.9 Å². The molecule has 1 aromatic carbocycles. The van der Waals surface area contributed by atoms with Gasteiger partial charge in [-0.15, -0.1) is 0 Å². The number of carboxylic acid groups (broad SMARTS) is 1. The van der Waals surface area contributed by atoms with E-state index in [1.54, 1.807) is 24.3 Å². The number of carbonyl (C=O) groups excluding carboxylic acids is 2. The van der Waals surface area contributed by atoms with Crippen molar-refractivity contribution >= 4 is 23.6 Å². The van der Waals surface area contributed by atoms with Gasteiger partial charge < -0.3 is 20.6 Å². The van der Waals surface area contributed by atoms with E-state index >= 15 is 0 Å². The van der Waals surface area contributed by atoms with Crippen LogP contribution in [-0.2, 0) is 9.59 Å². The lowest BCUT2D eigenvalue weighted by Crippen LogP contribution is -2.61. The molecular formula is C22H29N3O4. The molecule has 5 rings (SSSR count). The molecule has 4 aliphatic carbocycles. The molecule has 0 aromatic heterocycles. The number of carbonyl (C=O) groups is 3. The van der Waals surface area contributed by atoms with Gasteiger partial charge in [0.15, 0.2) is 0 Å². The lowest BCUT2D eigenvalue weighted by atomic mass is 9.53. The molecule has 1 aromatic rings. The van der Waals surface area contributed by atoms with Crippen molar-refractivity contribution in [3.63, 3.8) is 0 Å². The van der Waals surface area contributed by atoms with Gasteiger partial charge in [0.2, 0.25) is 5.91 Å². The van der Waals surface area contributed by atoms with Crippen molar-refractivity contribution in [2.75, 3.05) is 18.0 Å². The molecule has 3 amide bonds. The zero-order valence-corrected chi connectivity index (χ0v) is 16.6. The Labute approximate surface area is 170 Å². The Morgan fingerprint density at radius 1 is 1.00 bits per heavy atom. The SMILES string of the molecule is O=C(O)CN(C(=O)CCNC(=O)NC12CC3CC(CC(C3)C1)C2)c1ccccc1. The Bertz CT molecular complexity index is 744. The van der Waals surface area contributed by atoms with Crippen LogP contribution in [0.4, 0.5) is 10.5 Å².